The van der Waals surface area contributed by atoms with E-state index in [-0.39, 0.29) is 5.69 Å². The van der Waals surface area contributed by atoms with Crippen LogP contribution in [0.15, 0.2) is 24.3 Å². The van der Waals surface area contributed by atoms with Crippen LogP contribution in [0.2, 0.25) is 11.5 Å². The fraction of sp³-hybridized carbons (Fsp3) is 0.250. The van der Waals surface area contributed by atoms with Crippen molar-refractivity contribution in [3.05, 3.63) is 39.5 Å². The van der Waals surface area contributed by atoms with Gasteiger partial charge in [0.2, 0.25) is 4.57 Å². The number of aromatic nitrogens is 1. The van der Waals surface area contributed by atoms with Crippen LogP contribution in [-0.2, 0) is 0 Å². The Morgan fingerprint density at radius 1 is 1.45 bits per heavy atom. The molecule has 0 saturated carbocycles. The molecule has 1 aliphatic heterocycles. The fourth-order valence-corrected chi connectivity index (χ4v) is 3.41. The molecule has 0 bridgehead atoms. The van der Waals surface area contributed by atoms with E-state index in [2.05, 4.69) is 32.3 Å². The van der Waals surface area contributed by atoms with Gasteiger partial charge in [-0.3, -0.25) is 10.1 Å². The van der Waals surface area contributed by atoms with Gasteiger partial charge in [0.05, 0.1) is 4.92 Å². The minimum Gasteiger partial charge on any atom is -0.363 e. The molecule has 0 spiro atoms. The minimum atomic E-state index is -0.399. The van der Waals surface area contributed by atoms with Crippen molar-refractivity contribution in [2.45, 2.75) is 6.32 Å². The Labute approximate surface area is 134 Å². The highest BCUT2D eigenvalue weighted by molar-refractivity contribution is 14.1. The standard InChI is InChI=1S/C12H10BClIN3O2/c14-11-6-8-5-9(18(19)20)1-2-10(8)12(16-11)17-4-3-13(15)7-17/h1-2,5-6H,3-4,7H2. The van der Waals surface area contributed by atoms with Crippen LogP contribution in [0.25, 0.3) is 10.8 Å². The Morgan fingerprint density at radius 2 is 2.25 bits per heavy atom. The minimum absolute atomic E-state index is 0.0684. The molecule has 0 unspecified atom stereocenters. The van der Waals surface area contributed by atoms with E-state index in [4.69, 9.17) is 11.6 Å². The van der Waals surface area contributed by atoms with E-state index < -0.39 is 4.92 Å². The second-order valence-corrected chi connectivity index (χ2v) is 6.91. The zero-order valence-corrected chi connectivity index (χ0v) is 13.3. The highest BCUT2D eigenvalue weighted by Crippen LogP contribution is 2.32. The van der Waals surface area contributed by atoms with Crippen LogP contribution in [0.3, 0.4) is 0 Å². The first-order valence-corrected chi connectivity index (χ1v) is 7.80. The summed E-state index contributed by atoms with van der Waals surface area (Å²) in [6.45, 7) is 0.938. The van der Waals surface area contributed by atoms with E-state index in [1.807, 2.05) is 0 Å². The van der Waals surface area contributed by atoms with Crippen molar-refractivity contribution in [3.63, 3.8) is 0 Å². The SMILES string of the molecule is O=[N+]([O-])c1ccc2c(N3CCB(I)C3)nc(Cl)cc2c1. The molecule has 2 heterocycles. The van der Waals surface area contributed by atoms with E-state index in [0.717, 1.165) is 35.9 Å². The summed E-state index contributed by atoms with van der Waals surface area (Å²) < 4.78 is 0.599. The Hall–Kier alpha value is -1.09. The molecule has 1 aromatic heterocycles. The largest absolute Gasteiger partial charge is 0.363 e. The van der Waals surface area contributed by atoms with Crippen molar-refractivity contribution in [3.8, 4) is 0 Å². The lowest BCUT2D eigenvalue weighted by molar-refractivity contribution is -0.384. The maximum Gasteiger partial charge on any atom is 0.270 e. The lowest BCUT2D eigenvalue weighted by atomic mass is 9.78. The van der Waals surface area contributed by atoms with Crippen molar-refractivity contribution in [2.75, 3.05) is 17.9 Å². The van der Waals surface area contributed by atoms with Crippen LogP contribution >= 0.6 is 34.0 Å². The summed E-state index contributed by atoms with van der Waals surface area (Å²) >= 11 is 8.49. The second-order valence-electron chi connectivity index (χ2n) is 4.76. The molecule has 8 heteroatoms. The molecule has 2 aromatic rings. The molecule has 102 valence electrons. The average Bonchev–Trinajstić information content (AvgIpc) is 2.83. The summed E-state index contributed by atoms with van der Waals surface area (Å²) in [5.74, 6) is 0.821. The maximum atomic E-state index is 10.9. The van der Waals surface area contributed by atoms with E-state index >= 15 is 0 Å². The van der Waals surface area contributed by atoms with Crippen LogP contribution < -0.4 is 4.90 Å². The van der Waals surface area contributed by atoms with Crippen molar-refractivity contribution in [1.29, 1.82) is 0 Å². The predicted octanol–water partition coefficient (Wildman–Crippen LogP) is 3.58. The molecule has 1 aromatic carbocycles. The molecule has 1 aliphatic rings. The van der Waals surface area contributed by atoms with Crippen LogP contribution in [0.4, 0.5) is 11.5 Å². The zero-order valence-electron chi connectivity index (χ0n) is 10.4. The number of rotatable bonds is 2. The number of hydrogen-bond donors (Lipinski definition) is 0. The van der Waals surface area contributed by atoms with E-state index in [9.17, 15) is 10.1 Å². The number of anilines is 1. The predicted molar refractivity (Wildman–Crippen MR) is 90.2 cm³/mol. The molecule has 5 nitrogen and oxygen atoms in total. The van der Waals surface area contributed by atoms with E-state index in [0.29, 0.717) is 9.72 Å². The Bertz CT molecular complexity index is 700. The van der Waals surface area contributed by atoms with Crippen LogP contribution in [0.1, 0.15) is 0 Å². The summed E-state index contributed by atoms with van der Waals surface area (Å²) in [6, 6.07) is 6.49. The third-order valence-corrected chi connectivity index (χ3v) is 4.61. The molecular formula is C12H10BClIN3O2. The summed E-state index contributed by atoms with van der Waals surface area (Å²) in [7, 11) is 0. The van der Waals surface area contributed by atoms with Gasteiger partial charge in [-0.2, -0.15) is 0 Å². The quantitative estimate of drug-likeness (QED) is 0.254. The monoisotopic (exact) mass is 401 g/mol. The third-order valence-electron chi connectivity index (χ3n) is 3.40. The first kappa shape index (κ1) is 13.9. The molecule has 3 rings (SSSR count). The van der Waals surface area contributed by atoms with Crippen LogP contribution in [0, 0.1) is 10.1 Å². The van der Waals surface area contributed by atoms with Crippen molar-refractivity contribution in [1.82, 2.24) is 4.98 Å². The number of benzene rings is 1. The van der Waals surface area contributed by atoms with Gasteiger partial charge in [-0.05, 0) is 23.8 Å². The average molecular weight is 401 g/mol. The summed E-state index contributed by atoms with van der Waals surface area (Å²) in [4.78, 5) is 17.1. The highest BCUT2D eigenvalue weighted by Gasteiger charge is 2.26. The number of nitrogens with zero attached hydrogens (tertiary/aromatic N) is 3. The van der Waals surface area contributed by atoms with Gasteiger partial charge in [-0.25, -0.2) is 4.98 Å². The zero-order chi connectivity index (χ0) is 14.3. The first-order valence-electron chi connectivity index (χ1n) is 6.18. The molecular weight excluding hydrogens is 391 g/mol. The first-order chi connectivity index (χ1) is 9.54. The maximum absolute atomic E-state index is 10.9. The molecule has 0 N–H and O–H groups in total. The van der Waals surface area contributed by atoms with Crippen molar-refractivity contribution in [2.24, 2.45) is 0 Å². The number of hydrogen-bond acceptors (Lipinski definition) is 4. The van der Waals surface area contributed by atoms with Gasteiger partial charge < -0.3 is 4.90 Å². The molecule has 0 aliphatic carbocycles. The molecule has 20 heavy (non-hydrogen) atoms. The smallest absolute Gasteiger partial charge is 0.270 e. The van der Waals surface area contributed by atoms with E-state index in [1.54, 1.807) is 18.2 Å². The summed E-state index contributed by atoms with van der Waals surface area (Å²) in [5, 5.41) is 12.9. The molecule has 1 fully saturated rings. The molecule has 1 saturated heterocycles. The molecule has 0 atom stereocenters. The van der Waals surface area contributed by atoms with Gasteiger partial charge in [0, 0.05) is 30.5 Å². The summed E-state index contributed by atoms with van der Waals surface area (Å²) in [6.07, 6.45) is 2.04. The van der Waals surface area contributed by atoms with E-state index in [1.165, 1.54) is 6.07 Å². The Morgan fingerprint density at radius 3 is 2.90 bits per heavy atom. The fourth-order valence-electron chi connectivity index (χ4n) is 2.46. The van der Waals surface area contributed by atoms with Crippen molar-refractivity contribution < 1.29 is 4.92 Å². The highest BCUT2D eigenvalue weighted by atomic mass is 127. The number of nitro groups is 1. The van der Waals surface area contributed by atoms with Gasteiger partial charge in [0.15, 0.2) is 0 Å². The lowest BCUT2D eigenvalue weighted by Crippen LogP contribution is -2.22. The Balaban J connectivity index is 2.14. The normalized spacial score (nSPS) is 15.1. The van der Waals surface area contributed by atoms with Gasteiger partial charge in [0.25, 0.3) is 5.69 Å². The van der Waals surface area contributed by atoms with Gasteiger partial charge in [0.1, 0.15) is 11.0 Å². The van der Waals surface area contributed by atoms with Gasteiger partial charge in [-0.1, -0.05) is 11.6 Å². The topological polar surface area (TPSA) is 59.3 Å². The number of non-ortho nitro benzene ring substituents is 1. The number of halogens is 2. The molecule has 0 amide bonds. The van der Waals surface area contributed by atoms with Crippen LogP contribution in [0.5, 0.6) is 0 Å². The number of nitro benzene ring substituents is 1. The van der Waals surface area contributed by atoms with Crippen LogP contribution in [-0.4, -0.2) is 27.5 Å². The van der Waals surface area contributed by atoms with Gasteiger partial charge >= 0.3 is 0 Å². The number of fused-ring (bicyclic) bond motifs is 1. The number of pyridine rings is 1. The lowest BCUT2D eigenvalue weighted by Gasteiger charge is -2.19. The molecule has 0 radical (unpaired) electrons. The summed E-state index contributed by atoms with van der Waals surface area (Å²) in [5.41, 5.74) is 0.0684. The van der Waals surface area contributed by atoms with Gasteiger partial charge in [-0.15, -0.1) is 22.4 Å². The second kappa shape index (κ2) is 5.36. The third kappa shape index (κ3) is 2.56. The Kier molecular flexibility index (Phi) is 3.72. The van der Waals surface area contributed by atoms with Crippen molar-refractivity contribution >= 4 is 60.8 Å².